The van der Waals surface area contributed by atoms with E-state index in [1.54, 1.807) is 12.2 Å². The number of hydrogen-bond donors (Lipinski definition) is 4. The zero-order chi connectivity index (χ0) is 19.6. The molecule has 2 rings (SSSR count). The van der Waals surface area contributed by atoms with Gasteiger partial charge in [-0.3, -0.25) is 0 Å². The van der Waals surface area contributed by atoms with Gasteiger partial charge in [0.05, 0.1) is 6.10 Å². The Morgan fingerprint density at radius 2 is 1.85 bits per heavy atom. The van der Waals surface area contributed by atoms with E-state index in [1.807, 2.05) is 54.6 Å². The summed E-state index contributed by atoms with van der Waals surface area (Å²) in [5, 5.41) is 14.1. The molecule has 0 aliphatic heterocycles. The van der Waals surface area contributed by atoms with Crippen molar-refractivity contribution in [2.45, 2.75) is 25.9 Å². The zero-order valence-corrected chi connectivity index (χ0v) is 16.6. The molecule has 0 saturated heterocycles. The van der Waals surface area contributed by atoms with Crippen LogP contribution in [0.1, 0.15) is 30.9 Å². The third kappa shape index (κ3) is 6.05. The molecule has 0 aliphatic rings. The SMILES string of the molecule is C=C/C=C(\S)CC(O)/C=C(\c1ccccc1N)c1ccccc1NCCC. The molecular weight excluding hydrogens is 352 g/mol. The van der Waals surface area contributed by atoms with E-state index in [2.05, 4.69) is 31.4 Å². The predicted molar refractivity (Wildman–Crippen MR) is 121 cm³/mol. The van der Waals surface area contributed by atoms with E-state index in [4.69, 9.17) is 5.73 Å². The van der Waals surface area contributed by atoms with Gasteiger partial charge in [-0.15, -0.1) is 12.6 Å². The summed E-state index contributed by atoms with van der Waals surface area (Å²) in [5.74, 6) is 0. The van der Waals surface area contributed by atoms with E-state index in [9.17, 15) is 5.11 Å². The fourth-order valence-electron chi connectivity index (χ4n) is 2.87. The van der Waals surface area contributed by atoms with Crippen LogP contribution in [-0.2, 0) is 0 Å². The van der Waals surface area contributed by atoms with E-state index in [1.165, 1.54) is 0 Å². The third-order valence-electron chi connectivity index (χ3n) is 4.12. The van der Waals surface area contributed by atoms with Crippen molar-refractivity contribution in [3.8, 4) is 0 Å². The number of allylic oxidation sites excluding steroid dienone is 2. The molecule has 1 atom stereocenters. The highest BCUT2D eigenvalue weighted by Gasteiger charge is 2.14. The Kier molecular flexibility index (Phi) is 8.24. The van der Waals surface area contributed by atoms with Crippen LogP contribution in [0.3, 0.4) is 0 Å². The maximum atomic E-state index is 10.6. The predicted octanol–water partition coefficient (Wildman–Crippen LogP) is 5.27. The van der Waals surface area contributed by atoms with Crippen LogP contribution < -0.4 is 11.1 Å². The fraction of sp³-hybridized carbons (Fsp3) is 0.217. The number of para-hydroxylation sites is 2. The lowest BCUT2D eigenvalue weighted by Crippen LogP contribution is -2.08. The Labute approximate surface area is 167 Å². The van der Waals surface area contributed by atoms with Crippen molar-refractivity contribution in [2.75, 3.05) is 17.6 Å². The van der Waals surface area contributed by atoms with Gasteiger partial charge < -0.3 is 16.2 Å². The first-order valence-corrected chi connectivity index (χ1v) is 9.60. The second kappa shape index (κ2) is 10.7. The second-order valence-electron chi connectivity index (χ2n) is 6.31. The lowest BCUT2D eigenvalue weighted by Gasteiger charge is -2.18. The highest BCUT2D eigenvalue weighted by molar-refractivity contribution is 7.84. The van der Waals surface area contributed by atoms with Gasteiger partial charge in [-0.25, -0.2) is 0 Å². The van der Waals surface area contributed by atoms with E-state index < -0.39 is 6.10 Å². The number of anilines is 2. The maximum Gasteiger partial charge on any atom is 0.0775 e. The summed E-state index contributed by atoms with van der Waals surface area (Å²) in [7, 11) is 0. The van der Waals surface area contributed by atoms with Crippen LogP contribution in [0.5, 0.6) is 0 Å². The van der Waals surface area contributed by atoms with Gasteiger partial charge in [0, 0.05) is 35.5 Å². The van der Waals surface area contributed by atoms with Gasteiger partial charge >= 0.3 is 0 Å². The van der Waals surface area contributed by atoms with Crippen molar-refractivity contribution in [3.05, 3.63) is 89.4 Å². The Morgan fingerprint density at radius 1 is 1.19 bits per heavy atom. The summed E-state index contributed by atoms with van der Waals surface area (Å²) in [6.45, 7) is 6.67. The molecule has 0 saturated carbocycles. The highest BCUT2D eigenvalue weighted by Crippen LogP contribution is 2.33. The molecule has 4 N–H and O–H groups in total. The molecule has 27 heavy (non-hydrogen) atoms. The standard InChI is InChI=1S/C23H28N2OS/c1-3-9-18(27)15-17(26)16-21(19-10-5-7-12-22(19)24)20-11-6-8-13-23(20)25-14-4-2/h3,5-13,16-17,25-27H,1,4,14-15,24H2,2H3/b18-9-,21-16+. The minimum atomic E-state index is -0.692. The minimum absolute atomic E-state index is 0.413. The number of aliphatic hydroxyl groups is 1. The number of rotatable bonds is 9. The van der Waals surface area contributed by atoms with Crippen molar-refractivity contribution < 1.29 is 5.11 Å². The number of aliphatic hydroxyl groups excluding tert-OH is 1. The van der Waals surface area contributed by atoms with Crippen molar-refractivity contribution >= 4 is 29.6 Å². The lowest BCUT2D eigenvalue weighted by molar-refractivity contribution is 0.226. The lowest BCUT2D eigenvalue weighted by atomic mass is 9.93. The van der Waals surface area contributed by atoms with Gasteiger partial charge in [-0.1, -0.05) is 62.1 Å². The third-order valence-corrected chi connectivity index (χ3v) is 4.45. The first kappa shape index (κ1) is 20.9. The van der Waals surface area contributed by atoms with Gasteiger partial charge in [-0.2, -0.15) is 0 Å². The molecular formula is C23H28N2OS. The summed E-state index contributed by atoms with van der Waals surface area (Å²) in [6.07, 6.45) is 6.05. The molecule has 1 unspecified atom stereocenters. The van der Waals surface area contributed by atoms with Crippen LogP contribution in [0.25, 0.3) is 5.57 Å². The van der Waals surface area contributed by atoms with Crippen molar-refractivity contribution in [2.24, 2.45) is 0 Å². The molecule has 0 aliphatic carbocycles. The van der Waals surface area contributed by atoms with Gasteiger partial charge in [-0.05, 0) is 35.1 Å². The Bertz CT molecular complexity index is 827. The molecule has 0 spiro atoms. The topological polar surface area (TPSA) is 58.3 Å². The van der Waals surface area contributed by atoms with Crippen LogP contribution in [0, 0.1) is 0 Å². The van der Waals surface area contributed by atoms with Crippen LogP contribution in [0.15, 0.2) is 78.2 Å². The summed E-state index contributed by atoms with van der Waals surface area (Å²) in [4.78, 5) is 0.770. The Morgan fingerprint density at radius 3 is 2.52 bits per heavy atom. The second-order valence-corrected chi connectivity index (χ2v) is 6.88. The van der Waals surface area contributed by atoms with E-state index in [-0.39, 0.29) is 0 Å². The summed E-state index contributed by atoms with van der Waals surface area (Å²) >= 11 is 4.40. The summed E-state index contributed by atoms with van der Waals surface area (Å²) in [6, 6.07) is 15.8. The first-order chi connectivity index (χ1) is 13.1. The number of nitrogens with two attached hydrogens (primary N) is 1. The average molecular weight is 381 g/mol. The van der Waals surface area contributed by atoms with Gasteiger partial charge in [0.2, 0.25) is 0 Å². The number of thiol groups is 1. The smallest absolute Gasteiger partial charge is 0.0775 e. The highest BCUT2D eigenvalue weighted by atomic mass is 32.1. The molecule has 2 aromatic rings. The van der Waals surface area contributed by atoms with Crippen LogP contribution in [-0.4, -0.2) is 17.8 Å². The molecule has 4 heteroatoms. The normalized spacial score (nSPS) is 13.3. The molecule has 0 heterocycles. The maximum absolute atomic E-state index is 10.6. The van der Waals surface area contributed by atoms with E-state index in [0.29, 0.717) is 12.1 Å². The molecule has 142 valence electrons. The Hall–Kier alpha value is -2.43. The Balaban J connectivity index is 2.52. The monoisotopic (exact) mass is 380 g/mol. The van der Waals surface area contributed by atoms with Gasteiger partial charge in [0.25, 0.3) is 0 Å². The zero-order valence-electron chi connectivity index (χ0n) is 15.7. The van der Waals surface area contributed by atoms with Crippen LogP contribution in [0.4, 0.5) is 11.4 Å². The molecule has 0 aromatic heterocycles. The van der Waals surface area contributed by atoms with Gasteiger partial charge in [0.1, 0.15) is 0 Å². The largest absolute Gasteiger partial charge is 0.398 e. The molecule has 0 radical (unpaired) electrons. The minimum Gasteiger partial charge on any atom is -0.398 e. The quantitative estimate of drug-likeness (QED) is 0.272. The first-order valence-electron chi connectivity index (χ1n) is 9.15. The van der Waals surface area contributed by atoms with Crippen LogP contribution in [0.2, 0.25) is 0 Å². The number of nitrogen functional groups attached to an aromatic ring is 1. The molecule has 0 bridgehead atoms. The number of nitrogens with one attached hydrogen (secondary N) is 1. The number of benzene rings is 2. The molecule has 0 amide bonds. The van der Waals surface area contributed by atoms with Crippen LogP contribution >= 0.6 is 12.6 Å². The van der Waals surface area contributed by atoms with E-state index >= 15 is 0 Å². The molecule has 0 fully saturated rings. The fourth-order valence-corrected chi connectivity index (χ4v) is 3.16. The molecule has 3 nitrogen and oxygen atoms in total. The summed E-state index contributed by atoms with van der Waals surface area (Å²) in [5.41, 5.74) is 10.8. The summed E-state index contributed by atoms with van der Waals surface area (Å²) < 4.78 is 0. The van der Waals surface area contributed by atoms with Gasteiger partial charge in [0.15, 0.2) is 0 Å². The average Bonchev–Trinajstić information content (AvgIpc) is 2.65. The number of hydrogen-bond acceptors (Lipinski definition) is 4. The van der Waals surface area contributed by atoms with Crippen molar-refractivity contribution in [1.82, 2.24) is 0 Å². The van der Waals surface area contributed by atoms with Crippen molar-refractivity contribution in [3.63, 3.8) is 0 Å². The van der Waals surface area contributed by atoms with Crippen molar-refractivity contribution in [1.29, 1.82) is 0 Å². The van der Waals surface area contributed by atoms with E-state index in [0.717, 1.165) is 40.3 Å². The molecule has 2 aromatic carbocycles.